The highest BCUT2D eigenvalue weighted by Crippen LogP contribution is 2.32. The summed E-state index contributed by atoms with van der Waals surface area (Å²) in [4.78, 5) is 28.9. The topological polar surface area (TPSA) is 62.3 Å². The summed E-state index contributed by atoms with van der Waals surface area (Å²) in [5.74, 6) is -0.890. The molecule has 1 N–H and O–H groups in total. The number of nitrogens with one attached hydrogen (secondary N) is 1. The number of aromatic nitrogens is 1. The Morgan fingerprint density at radius 1 is 1.28 bits per heavy atom. The molecule has 9 heteroatoms. The molecule has 2 heterocycles. The van der Waals surface area contributed by atoms with Crippen molar-refractivity contribution in [3.8, 4) is 0 Å². The van der Waals surface area contributed by atoms with E-state index < -0.39 is 11.8 Å². The van der Waals surface area contributed by atoms with Gasteiger partial charge in [0.15, 0.2) is 4.32 Å². The molecule has 0 aliphatic carbocycles. The number of halogens is 2. The molecule has 0 radical (unpaired) electrons. The second-order valence-electron chi connectivity index (χ2n) is 4.87. The minimum absolute atomic E-state index is 0.230. The number of nitrogens with zero attached hydrogens (tertiary/aromatic N) is 2. The Hall–Kier alpha value is -1.93. The number of hydrogen-bond donors (Lipinski definition) is 1. The first-order chi connectivity index (χ1) is 12.0. The van der Waals surface area contributed by atoms with Crippen LogP contribution >= 0.6 is 47.2 Å². The van der Waals surface area contributed by atoms with Gasteiger partial charge in [0.2, 0.25) is 0 Å². The molecule has 1 aromatic carbocycles. The average molecular weight is 410 g/mol. The van der Waals surface area contributed by atoms with Crippen molar-refractivity contribution < 1.29 is 9.59 Å². The van der Waals surface area contributed by atoms with E-state index in [0.29, 0.717) is 26.1 Å². The van der Waals surface area contributed by atoms with Gasteiger partial charge in [-0.3, -0.25) is 20.0 Å². The van der Waals surface area contributed by atoms with Crippen LogP contribution in [0.15, 0.2) is 47.6 Å². The SMILES string of the molecule is O=C(NN1C(=O)/C(=C/c2ccc(Cl)c(Cl)c2)SC1=S)c1cccnc1. The summed E-state index contributed by atoms with van der Waals surface area (Å²) < 4.78 is 0.230. The Morgan fingerprint density at radius 2 is 2.08 bits per heavy atom. The van der Waals surface area contributed by atoms with Crippen LogP contribution in [0.1, 0.15) is 15.9 Å². The minimum atomic E-state index is -0.472. The Kier molecular flexibility index (Phi) is 5.39. The number of carbonyl (C=O) groups is 2. The first kappa shape index (κ1) is 17.9. The van der Waals surface area contributed by atoms with Crippen LogP contribution in [0.3, 0.4) is 0 Å². The van der Waals surface area contributed by atoms with Crippen molar-refractivity contribution in [3.63, 3.8) is 0 Å². The highest BCUT2D eigenvalue weighted by Gasteiger charge is 2.33. The van der Waals surface area contributed by atoms with Crippen molar-refractivity contribution in [1.82, 2.24) is 15.4 Å². The van der Waals surface area contributed by atoms with E-state index in [0.717, 1.165) is 16.8 Å². The fourth-order valence-corrected chi connectivity index (χ4v) is 3.47. The second-order valence-corrected chi connectivity index (χ2v) is 7.36. The number of hydrazine groups is 1. The zero-order chi connectivity index (χ0) is 18.0. The van der Waals surface area contributed by atoms with Crippen LogP contribution in [0, 0.1) is 0 Å². The van der Waals surface area contributed by atoms with Gasteiger partial charge >= 0.3 is 0 Å². The lowest BCUT2D eigenvalue weighted by molar-refractivity contribution is -0.123. The third-order valence-corrected chi connectivity index (χ3v) is 5.21. The average Bonchev–Trinajstić information content (AvgIpc) is 2.86. The maximum absolute atomic E-state index is 12.5. The zero-order valence-corrected chi connectivity index (χ0v) is 15.5. The molecule has 0 bridgehead atoms. The van der Waals surface area contributed by atoms with Crippen molar-refractivity contribution in [2.24, 2.45) is 0 Å². The van der Waals surface area contributed by atoms with Crippen molar-refractivity contribution >= 4 is 69.4 Å². The van der Waals surface area contributed by atoms with Crippen molar-refractivity contribution in [2.45, 2.75) is 0 Å². The first-order valence-electron chi connectivity index (χ1n) is 6.90. The lowest BCUT2D eigenvalue weighted by Crippen LogP contribution is -2.44. The van der Waals surface area contributed by atoms with Crippen molar-refractivity contribution in [3.05, 3.63) is 68.8 Å². The Morgan fingerprint density at radius 3 is 2.76 bits per heavy atom. The fraction of sp³-hybridized carbons (Fsp3) is 0. The monoisotopic (exact) mass is 409 g/mol. The van der Waals surface area contributed by atoms with Crippen LogP contribution in [-0.2, 0) is 4.79 Å². The predicted molar refractivity (Wildman–Crippen MR) is 103 cm³/mol. The molecule has 0 saturated carbocycles. The molecule has 1 saturated heterocycles. The molecule has 0 unspecified atom stereocenters. The number of pyridine rings is 1. The smallest absolute Gasteiger partial charge is 0.267 e. The van der Waals surface area contributed by atoms with E-state index in [2.05, 4.69) is 10.4 Å². The number of hydrogen-bond acceptors (Lipinski definition) is 5. The van der Waals surface area contributed by atoms with Gasteiger partial charge in [-0.2, -0.15) is 5.01 Å². The summed E-state index contributed by atoms with van der Waals surface area (Å²) in [5.41, 5.74) is 3.51. The lowest BCUT2D eigenvalue weighted by Gasteiger charge is -2.15. The predicted octanol–water partition coefficient (Wildman–Crippen LogP) is 3.93. The highest BCUT2D eigenvalue weighted by atomic mass is 35.5. The van der Waals surface area contributed by atoms with Gasteiger partial charge in [0.1, 0.15) is 0 Å². The third-order valence-electron chi connectivity index (χ3n) is 3.17. The van der Waals surface area contributed by atoms with Gasteiger partial charge in [0, 0.05) is 12.4 Å². The molecule has 2 amide bonds. The molecule has 0 spiro atoms. The molecule has 2 aromatic rings. The maximum atomic E-state index is 12.5. The molecular formula is C16H9Cl2N3O2S2. The van der Waals surface area contributed by atoms with Gasteiger partial charge in [-0.25, -0.2) is 0 Å². The normalized spacial score (nSPS) is 15.8. The number of carbonyl (C=O) groups excluding carboxylic acids is 2. The van der Waals surface area contributed by atoms with E-state index in [1.807, 2.05) is 0 Å². The van der Waals surface area contributed by atoms with Crippen molar-refractivity contribution in [2.75, 3.05) is 0 Å². The molecule has 126 valence electrons. The summed E-state index contributed by atoms with van der Waals surface area (Å²) in [5, 5.41) is 1.85. The number of thiocarbonyl (C=S) groups is 1. The van der Waals surface area contributed by atoms with Gasteiger partial charge in [-0.05, 0) is 48.1 Å². The van der Waals surface area contributed by atoms with Crippen molar-refractivity contribution in [1.29, 1.82) is 0 Å². The molecular weight excluding hydrogens is 401 g/mol. The summed E-state index contributed by atoms with van der Waals surface area (Å²) in [6.45, 7) is 0. The van der Waals surface area contributed by atoms with Crippen LogP contribution in [0.2, 0.25) is 10.0 Å². The van der Waals surface area contributed by atoms with E-state index >= 15 is 0 Å². The summed E-state index contributed by atoms with van der Waals surface area (Å²) in [6, 6.07) is 8.23. The van der Waals surface area contributed by atoms with E-state index in [-0.39, 0.29) is 4.32 Å². The van der Waals surface area contributed by atoms with E-state index in [4.69, 9.17) is 35.4 Å². The lowest BCUT2D eigenvalue weighted by atomic mass is 10.2. The molecule has 1 fully saturated rings. The molecule has 25 heavy (non-hydrogen) atoms. The first-order valence-corrected chi connectivity index (χ1v) is 8.88. The van der Waals surface area contributed by atoms with Crippen LogP contribution < -0.4 is 5.43 Å². The number of thioether (sulfide) groups is 1. The van der Waals surface area contributed by atoms with Gasteiger partial charge in [0.25, 0.3) is 11.8 Å². The van der Waals surface area contributed by atoms with Crippen LogP contribution in [0.5, 0.6) is 0 Å². The number of rotatable bonds is 3. The van der Waals surface area contributed by atoms with Gasteiger partial charge < -0.3 is 0 Å². The highest BCUT2D eigenvalue weighted by molar-refractivity contribution is 8.26. The largest absolute Gasteiger partial charge is 0.285 e. The number of amides is 2. The van der Waals surface area contributed by atoms with E-state index in [1.54, 1.807) is 42.6 Å². The summed E-state index contributed by atoms with van der Waals surface area (Å²) >= 11 is 18.1. The fourth-order valence-electron chi connectivity index (χ4n) is 1.98. The molecule has 1 aliphatic rings. The van der Waals surface area contributed by atoms with Crippen LogP contribution in [0.25, 0.3) is 6.08 Å². The van der Waals surface area contributed by atoms with Crippen LogP contribution in [0.4, 0.5) is 0 Å². The van der Waals surface area contributed by atoms with E-state index in [1.165, 1.54) is 6.20 Å². The minimum Gasteiger partial charge on any atom is -0.267 e. The maximum Gasteiger partial charge on any atom is 0.285 e. The molecule has 3 rings (SSSR count). The summed E-state index contributed by atoms with van der Waals surface area (Å²) in [6.07, 6.45) is 4.59. The second kappa shape index (κ2) is 7.53. The molecule has 5 nitrogen and oxygen atoms in total. The Bertz CT molecular complexity index is 904. The molecule has 1 aromatic heterocycles. The Balaban J connectivity index is 1.79. The third kappa shape index (κ3) is 4.01. The standard InChI is InChI=1S/C16H9Cl2N3O2S2/c17-11-4-3-9(6-12(11)18)7-13-15(23)21(16(24)25-13)20-14(22)10-2-1-5-19-8-10/h1-8H,(H,20,22)/b13-7-. The Labute approximate surface area is 163 Å². The van der Waals surface area contributed by atoms with Gasteiger partial charge in [-0.15, -0.1) is 0 Å². The van der Waals surface area contributed by atoms with Gasteiger partial charge in [0.05, 0.1) is 20.5 Å². The molecule has 0 atom stereocenters. The van der Waals surface area contributed by atoms with Crippen LogP contribution in [-0.4, -0.2) is 26.1 Å². The quantitative estimate of drug-likeness (QED) is 0.614. The van der Waals surface area contributed by atoms with E-state index in [9.17, 15) is 9.59 Å². The summed E-state index contributed by atoms with van der Waals surface area (Å²) in [7, 11) is 0. The number of benzene rings is 1. The molecule has 1 aliphatic heterocycles. The zero-order valence-electron chi connectivity index (χ0n) is 12.4. The van der Waals surface area contributed by atoms with Gasteiger partial charge in [-0.1, -0.05) is 41.0 Å².